The lowest BCUT2D eigenvalue weighted by Gasteiger charge is -2.41. The fourth-order valence-electron chi connectivity index (χ4n) is 5.52. The number of hydrogen-bond donors (Lipinski definition) is 0. The minimum Gasteiger partial charge on any atom is -0.338 e. The molecule has 0 aromatic heterocycles. The van der Waals surface area contributed by atoms with Gasteiger partial charge in [-0.25, -0.2) is 4.90 Å². The van der Waals surface area contributed by atoms with Crippen LogP contribution in [0.3, 0.4) is 0 Å². The first kappa shape index (κ1) is 20.0. The fraction of sp³-hybridized carbons (Fsp3) is 0.423. The molecule has 1 saturated carbocycles. The van der Waals surface area contributed by atoms with Crippen LogP contribution in [0.25, 0.3) is 0 Å². The zero-order valence-electron chi connectivity index (χ0n) is 18.2. The molecule has 0 unspecified atom stereocenters. The average Bonchev–Trinajstić information content (AvgIpc) is 3.04. The molecule has 3 amide bonds. The zero-order valence-corrected chi connectivity index (χ0v) is 18.2. The van der Waals surface area contributed by atoms with E-state index in [2.05, 4.69) is 0 Å². The van der Waals surface area contributed by atoms with Crippen molar-refractivity contribution in [2.24, 2.45) is 11.8 Å². The summed E-state index contributed by atoms with van der Waals surface area (Å²) in [7, 11) is 0. The zero-order chi connectivity index (χ0) is 21.7. The van der Waals surface area contributed by atoms with E-state index < -0.39 is 0 Å². The summed E-state index contributed by atoms with van der Waals surface area (Å²) in [6, 6.07) is 10.7. The number of nitrogens with zero attached hydrogens (tertiary/aromatic N) is 2. The molecule has 1 saturated heterocycles. The topological polar surface area (TPSA) is 57.7 Å². The second kappa shape index (κ2) is 7.63. The molecule has 2 atom stereocenters. The van der Waals surface area contributed by atoms with Crippen LogP contribution in [0.5, 0.6) is 0 Å². The van der Waals surface area contributed by atoms with Crippen LogP contribution >= 0.6 is 0 Å². The summed E-state index contributed by atoms with van der Waals surface area (Å²) in [5, 5.41) is 0. The molecule has 2 aromatic rings. The quantitative estimate of drug-likeness (QED) is 0.664. The maximum atomic E-state index is 13.2. The molecule has 31 heavy (non-hydrogen) atoms. The highest BCUT2D eigenvalue weighted by Crippen LogP contribution is 2.37. The second-order valence-corrected chi connectivity index (χ2v) is 9.34. The SMILES string of the molecule is Cc1ccc(C)c(N2C(=O)c3ccc(C(=O)N4CC[C@@H]5CCCC[C@H]5C4)cc3C2=O)c1. The van der Waals surface area contributed by atoms with Gasteiger partial charge in [0.05, 0.1) is 16.8 Å². The predicted octanol–water partition coefficient (Wildman–Crippen LogP) is 4.76. The molecule has 2 heterocycles. The number of carbonyl (C=O) groups excluding carboxylic acids is 3. The largest absolute Gasteiger partial charge is 0.338 e. The maximum absolute atomic E-state index is 13.2. The van der Waals surface area contributed by atoms with Crippen molar-refractivity contribution < 1.29 is 14.4 Å². The number of rotatable bonds is 2. The number of carbonyl (C=O) groups is 3. The van der Waals surface area contributed by atoms with Crippen molar-refractivity contribution in [3.8, 4) is 0 Å². The summed E-state index contributed by atoms with van der Waals surface area (Å²) in [5.74, 6) is 0.648. The minimum atomic E-state index is -0.352. The number of likely N-dealkylation sites (tertiary alicyclic amines) is 1. The van der Waals surface area contributed by atoms with Gasteiger partial charge in [-0.3, -0.25) is 14.4 Å². The third kappa shape index (κ3) is 3.36. The molecule has 1 aliphatic carbocycles. The van der Waals surface area contributed by atoms with Gasteiger partial charge in [0.1, 0.15) is 0 Å². The summed E-state index contributed by atoms with van der Waals surface area (Å²) in [6.07, 6.45) is 6.13. The molecule has 2 fully saturated rings. The highest BCUT2D eigenvalue weighted by molar-refractivity contribution is 6.35. The first-order chi connectivity index (χ1) is 14.9. The second-order valence-electron chi connectivity index (χ2n) is 9.34. The molecule has 5 rings (SSSR count). The minimum absolute atomic E-state index is 0.0303. The smallest absolute Gasteiger partial charge is 0.266 e. The van der Waals surface area contributed by atoms with Gasteiger partial charge in [-0.05, 0) is 73.9 Å². The Balaban J connectivity index is 1.41. The Labute approximate surface area is 183 Å². The summed E-state index contributed by atoms with van der Waals surface area (Å²) < 4.78 is 0. The van der Waals surface area contributed by atoms with Crippen LogP contribution in [-0.4, -0.2) is 35.7 Å². The van der Waals surface area contributed by atoms with Crippen LogP contribution in [0.1, 0.15) is 74.3 Å². The standard InChI is InChI=1S/C26H28N2O3/c1-16-7-8-17(2)23(13-16)28-25(30)21-10-9-19(14-22(21)26(28)31)24(29)27-12-11-18-5-3-4-6-20(18)15-27/h7-10,13-14,18,20H,3-6,11-12,15H2,1-2H3/t18-,20-/m0/s1. The van der Waals surface area contributed by atoms with E-state index in [1.807, 2.05) is 36.9 Å². The number of amides is 3. The molecule has 3 aliphatic rings. The number of aryl methyl sites for hydroxylation is 2. The lowest BCUT2D eigenvalue weighted by molar-refractivity contribution is 0.0520. The van der Waals surface area contributed by atoms with E-state index in [0.29, 0.717) is 28.3 Å². The van der Waals surface area contributed by atoms with Gasteiger partial charge in [-0.1, -0.05) is 31.4 Å². The van der Waals surface area contributed by atoms with Crippen LogP contribution in [0.4, 0.5) is 5.69 Å². The Morgan fingerprint density at radius 3 is 2.42 bits per heavy atom. The molecule has 0 N–H and O–H groups in total. The molecule has 0 radical (unpaired) electrons. The van der Waals surface area contributed by atoms with Crippen molar-refractivity contribution in [3.05, 3.63) is 64.2 Å². The third-order valence-electron chi connectivity index (χ3n) is 7.32. The van der Waals surface area contributed by atoms with Crippen LogP contribution in [0.15, 0.2) is 36.4 Å². The number of benzene rings is 2. The van der Waals surface area contributed by atoms with Crippen molar-refractivity contribution in [1.29, 1.82) is 0 Å². The van der Waals surface area contributed by atoms with Crippen molar-refractivity contribution in [3.63, 3.8) is 0 Å². The van der Waals surface area contributed by atoms with Gasteiger partial charge < -0.3 is 4.90 Å². The van der Waals surface area contributed by atoms with Gasteiger partial charge in [0.2, 0.25) is 0 Å². The summed E-state index contributed by atoms with van der Waals surface area (Å²) in [6.45, 7) is 5.41. The lowest BCUT2D eigenvalue weighted by Crippen LogP contribution is -2.44. The highest BCUT2D eigenvalue weighted by atomic mass is 16.2. The van der Waals surface area contributed by atoms with Gasteiger partial charge in [0.15, 0.2) is 0 Å². The molecule has 0 bridgehead atoms. The number of imide groups is 1. The first-order valence-corrected chi connectivity index (χ1v) is 11.3. The van der Waals surface area contributed by atoms with E-state index in [-0.39, 0.29) is 17.7 Å². The van der Waals surface area contributed by atoms with Gasteiger partial charge in [0.25, 0.3) is 17.7 Å². The normalized spacial score (nSPS) is 23.0. The van der Waals surface area contributed by atoms with E-state index in [1.165, 1.54) is 30.6 Å². The van der Waals surface area contributed by atoms with Crippen LogP contribution in [0, 0.1) is 25.7 Å². The summed E-state index contributed by atoms with van der Waals surface area (Å²) in [5.41, 5.74) is 3.65. The molecule has 0 spiro atoms. The van der Waals surface area contributed by atoms with E-state index in [9.17, 15) is 14.4 Å². The number of piperidine rings is 1. The number of anilines is 1. The lowest BCUT2D eigenvalue weighted by atomic mass is 9.75. The van der Waals surface area contributed by atoms with E-state index >= 15 is 0 Å². The monoisotopic (exact) mass is 416 g/mol. The Morgan fingerprint density at radius 1 is 0.871 bits per heavy atom. The van der Waals surface area contributed by atoms with Gasteiger partial charge in [-0.15, -0.1) is 0 Å². The number of hydrogen-bond acceptors (Lipinski definition) is 3. The summed E-state index contributed by atoms with van der Waals surface area (Å²) >= 11 is 0. The van der Waals surface area contributed by atoms with Crippen LogP contribution in [-0.2, 0) is 0 Å². The molecule has 2 aliphatic heterocycles. The van der Waals surface area contributed by atoms with Gasteiger partial charge in [-0.2, -0.15) is 0 Å². The van der Waals surface area contributed by atoms with Crippen LogP contribution in [0.2, 0.25) is 0 Å². The molecule has 160 valence electrons. The van der Waals surface area contributed by atoms with Gasteiger partial charge >= 0.3 is 0 Å². The average molecular weight is 417 g/mol. The third-order valence-corrected chi connectivity index (χ3v) is 7.32. The number of fused-ring (bicyclic) bond motifs is 2. The van der Waals surface area contributed by atoms with Crippen molar-refractivity contribution in [2.75, 3.05) is 18.0 Å². The highest BCUT2D eigenvalue weighted by Gasteiger charge is 2.39. The fourth-order valence-corrected chi connectivity index (χ4v) is 5.52. The van der Waals surface area contributed by atoms with Crippen molar-refractivity contribution in [1.82, 2.24) is 4.90 Å². The maximum Gasteiger partial charge on any atom is 0.266 e. The Morgan fingerprint density at radius 2 is 1.61 bits per heavy atom. The predicted molar refractivity (Wildman–Crippen MR) is 119 cm³/mol. The Bertz CT molecular complexity index is 1090. The first-order valence-electron chi connectivity index (χ1n) is 11.3. The van der Waals surface area contributed by atoms with E-state index in [1.54, 1.807) is 18.2 Å². The Hall–Kier alpha value is -2.95. The molecular formula is C26H28N2O3. The molecule has 5 heteroatoms. The molecule has 5 nitrogen and oxygen atoms in total. The summed E-state index contributed by atoms with van der Waals surface area (Å²) in [4.78, 5) is 42.6. The van der Waals surface area contributed by atoms with Gasteiger partial charge in [0, 0.05) is 18.7 Å². The Kier molecular flexibility index (Phi) is 4.92. The van der Waals surface area contributed by atoms with E-state index in [0.717, 1.165) is 36.6 Å². The molecule has 2 aromatic carbocycles. The molecular weight excluding hydrogens is 388 g/mol. The van der Waals surface area contributed by atoms with Crippen molar-refractivity contribution in [2.45, 2.75) is 46.0 Å². The van der Waals surface area contributed by atoms with Crippen molar-refractivity contribution >= 4 is 23.4 Å². The van der Waals surface area contributed by atoms with Crippen LogP contribution < -0.4 is 4.90 Å². The van der Waals surface area contributed by atoms with E-state index in [4.69, 9.17) is 0 Å².